The van der Waals surface area contributed by atoms with Crippen LogP contribution in [0.1, 0.15) is 31.4 Å². The van der Waals surface area contributed by atoms with Gasteiger partial charge in [0.1, 0.15) is 5.75 Å². The summed E-state index contributed by atoms with van der Waals surface area (Å²) in [6, 6.07) is 23.9. The van der Waals surface area contributed by atoms with Crippen LogP contribution in [0.4, 0.5) is 0 Å². The van der Waals surface area contributed by atoms with Crippen molar-refractivity contribution in [3.8, 4) is 5.75 Å². The number of benzene rings is 3. The summed E-state index contributed by atoms with van der Waals surface area (Å²) in [4.78, 5) is 5.34. The molecule has 3 atom stereocenters. The molecule has 0 aliphatic carbocycles. The normalized spacial score (nSPS) is 27.8. The third-order valence-corrected chi connectivity index (χ3v) is 7.72. The molecule has 1 N–H and O–H groups in total. The lowest BCUT2D eigenvalue weighted by atomic mass is 9.65. The number of aromatic hydroxyl groups is 1. The molecule has 2 aliphatic heterocycles. The molecule has 3 aromatic rings. The molecule has 3 aromatic carbocycles. The zero-order chi connectivity index (χ0) is 20.7. The van der Waals surface area contributed by atoms with Crippen molar-refractivity contribution in [1.29, 1.82) is 0 Å². The summed E-state index contributed by atoms with van der Waals surface area (Å²) in [5.41, 5.74) is 2.81. The lowest BCUT2D eigenvalue weighted by Crippen LogP contribution is -2.60. The first-order valence-corrected chi connectivity index (χ1v) is 11.3. The summed E-state index contributed by atoms with van der Waals surface area (Å²) >= 11 is 0. The molecule has 156 valence electrons. The van der Waals surface area contributed by atoms with E-state index in [1.165, 1.54) is 21.9 Å². The van der Waals surface area contributed by atoms with Crippen LogP contribution in [0, 0.1) is 5.92 Å². The summed E-state index contributed by atoms with van der Waals surface area (Å²) in [5.74, 6) is 0.949. The molecule has 30 heavy (non-hydrogen) atoms. The van der Waals surface area contributed by atoms with Gasteiger partial charge in [0.25, 0.3) is 0 Å². The van der Waals surface area contributed by atoms with Gasteiger partial charge in [-0.1, -0.05) is 68.4 Å². The average molecular weight is 401 g/mol. The van der Waals surface area contributed by atoms with E-state index in [1.54, 1.807) is 6.07 Å². The van der Waals surface area contributed by atoms with Gasteiger partial charge in [0, 0.05) is 38.8 Å². The van der Waals surface area contributed by atoms with Gasteiger partial charge in [-0.15, -0.1) is 0 Å². The molecule has 2 aliphatic rings. The van der Waals surface area contributed by atoms with Crippen molar-refractivity contribution >= 4 is 10.8 Å². The summed E-state index contributed by atoms with van der Waals surface area (Å²) in [6.07, 6.45) is 1.14. The SMILES string of the molecule is CC1CN2CCN(Cc3cccc4ccccc34)CC2C[C@@]1(C)c1cccc(O)c1. The Balaban J connectivity index is 1.36. The van der Waals surface area contributed by atoms with Crippen LogP contribution in [0.15, 0.2) is 66.7 Å². The minimum absolute atomic E-state index is 0.0996. The number of fused-ring (bicyclic) bond motifs is 2. The van der Waals surface area contributed by atoms with E-state index in [4.69, 9.17) is 0 Å². The predicted octanol–water partition coefficient (Wildman–Crippen LogP) is 5.03. The van der Waals surface area contributed by atoms with E-state index in [2.05, 4.69) is 72.2 Å². The highest BCUT2D eigenvalue weighted by atomic mass is 16.3. The third-order valence-electron chi connectivity index (χ3n) is 7.72. The van der Waals surface area contributed by atoms with Crippen LogP contribution in [0.3, 0.4) is 0 Å². The minimum Gasteiger partial charge on any atom is -0.508 e. The van der Waals surface area contributed by atoms with E-state index >= 15 is 0 Å². The Hall–Kier alpha value is -2.36. The zero-order valence-corrected chi connectivity index (χ0v) is 18.1. The van der Waals surface area contributed by atoms with Gasteiger partial charge in [-0.25, -0.2) is 0 Å². The molecule has 2 heterocycles. The first-order chi connectivity index (χ1) is 14.5. The molecule has 3 nitrogen and oxygen atoms in total. The minimum atomic E-state index is 0.0996. The van der Waals surface area contributed by atoms with Gasteiger partial charge in [0.2, 0.25) is 0 Å². The monoisotopic (exact) mass is 400 g/mol. The van der Waals surface area contributed by atoms with E-state index in [0.717, 1.165) is 39.1 Å². The van der Waals surface area contributed by atoms with Crippen molar-refractivity contribution in [2.75, 3.05) is 26.2 Å². The molecule has 0 aromatic heterocycles. The van der Waals surface area contributed by atoms with Crippen LogP contribution in [-0.2, 0) is 12.0 Å². The van der Waals surface area contributed by atoms with Crippen molar-refractivity contribution in [3.63, 3.8) is 0 Å². The molecule has 2 saturated heterocycles. The maximum atomic E-state index is 10.1. The maximum Gasteiger partial charge on any atom is 0.115 e. The topological polar surface area (TPSA) is 26.7 Å². The van der Waals surface area contributed by atoms with Gasteiger partial charge in [0.05, 0.1) is 0 Å². The number of rotatable bonds is 3. The summed E-state index contributed by atoms with van der Waals surface area (Å²) in [6.45, 7) is 10.3. The second-order valence-corrected chi connectivity index (χ2v) is 9.60. The number of hydrogen-bond acceptors (Lipinski definition) is 3. The van der Waals surface area contributed by atoms with Gasteiger partial charge in [0.15, 0.2) is 0 Å². The Morgan fingerprint density at radius 2 is 1.77 bits per heavy atom. The number of piperidine rings is 1. The van der Waals surface area contributed by atoms with Crippen molar-refractivity contribution < 1.29 is 5.11 Å². The third kappa shape index (κ3) is 3.51. The van der Waals surface area contributed by atoms with Crippen molar-refractivity contribution in [3.05, 3.63) is 77.9 Å². The van der Waals surface area contributed by atoms with Crippen LogP contribution < -0.4 is 0 Å². The highest BCUT2D eigenvalue weighted by Crippen LogP contribution is 2.43. The van der Waals surface area contributed by atoms with Gasteiger partial charge < -0.3 is 5.11 Å². The Labute approximate surface area is 179 Å². The molecule has 0 amide bonds. The number of hydrogen-bond donors (Lipinski definition) is 1. The molecule has 5 rings (SSSR count). The largest absolute Gasteiger partial charge is 0.508 e. The summed E-state index contributed by atoms with van der Waals surface area (Å²) < 4.78 is 0. The van der Waals surface area contributed by atoms with Crippen molar-refractivity contribution in [2.24, 2.45) is 5.92 Å². The Morgan fingerprint density at radius 1 is 0.967 bits per heavy atom. The summed E-state index contributed by atoms with van der Waals surface area (Å²) in [7, 11) is 0. The standard InChI is InChI=1S/C27H32N2O/c1-20-17-29-14-13-28(18-22-9-5-8-21-7-3-4-12-26(21)22)19-24(29)16-27(20,2)23-10-6-11-25(30)15-23/h3-12,15,20,24,30H,13-14,16-19H2,1-2H3/t20?,24?,27-/m1/s1. The van der Waals surface area contributed by atoms with Gasteiger partial charge in [-0.05, 0) is 51.8 Å². The fourth-order valence-corrected chi connectivity index (χ4v) is 5.71. The average Bonchev–Trinajstić information content (AvgIpc) is 2.75. The molecule has 0 radical (unpaired) electrons. The molecule has 0 bridgehead atoms. The molecule has 3 heteroatoms. The fraction of sp³-hybridized carbons (Fsp3) is 0.407. The van der Waals surface area contributed by atoms with Crippen LogP contribution >= 0.6 is 0 Å². The Morgan fingerprint density at radius 3 is 2.63 bits per heavy atom. The van der Waals surface area contributed by atoms with E-state index in [0.29, 0.717) is 17.7 Å². The first-order valence-electron chi connectivity index (χ1n) is 11.3. The van der Waals surface area contributed by atoms with Crippen LogP contribution in [0.2, 0.25) is 0 Å². The maximum absolute atomic E-state index is 10.1. The van der Waals surface area contributed by atoms with Crippen LogP contribution in [0.5, 0.6) is 5.75 Å². The number of nitrogens with zero attached hydrogens (tertiary/aromatic N) is 2. The molecule has 0 saturated carbocycles. The van der Waals surface area contributed by atoms with Crippen LogP contribution in [-0.4, -0.2) is 47.1 Å². The quantitative estimate of drug-likeness (QED) is 0.668. The number of phenols is 1. The van der Waals surface area contributed by atoms with Crippen molar-refractivity contribution in [1.82, 2.24) is 9.80 Å². The van der Waals surface area contributed by atoms with E-state index in [9.17, 15) is 5.11 Å². The lowest BCUT2D eigenvalue weighted by molar-refractivity contribution is -0.00546. The predicted molar refractivity (Wildman–Crippen MR) is 124 cm³/mol. The molecular weight excluding hydrogens is 368 g/mol. The van der Waals surface area contributed by atoms with Gasteiger partial charge in [-0.3, -0.25) is 9.80 Å². The van der Waals surface area contributed by atoms with Gasteiger partial charge in [-0.2, -0.15) is 0 Å². The molecule has 2 unspecified atom stereocenters. The fourth-order valence-electron chi connectivity index (χ4n) is 5.71. The summed E-state index contributed by atoms with van der Waals surface area (Å²) in [5, 5.41) is 12.8. The highest BCUT2D eigenvalue weighted by molar-refractivity contribution is 5.85. The van der Waals surface area contributed by atoms with Gasteiger partial charge >= 0.3 is 0 Å². The first kappa shape index (κ1) is 19.6. The van der Waals surface area contributed by atoms with Crippen LogP contribution in [0.25, 0.3) is 10.8 Å². The molecular formula is C27H32N2O. The van der Waals surface area contributed by atoms with E-state index in [-0.39, 0.29) is 5.41 Å². The second kappa shape index (κ2) is 7.72. The zero-order valence-electron chi connectivity index (χ0n) is 18.1. The Bertz CT molecular complexity index is 1040. The Kier molecular flexibility index (Phi) is 5.04. The molecule has 2 fully saturated rings. The number of piperazine rings is 1. The second-order valence-electron chi connectivity index (χ2n) is 9.60. The van der Waals surface area contributed by atoms with E-state index in [1.807, 2.05) is 12.1 Å². The number of phenolic OH excluding ortho intramolecular Hbond substituents is 1. The van der Waals surface area contributed by atoms with E-state index < -0.39 is 0 Å². The smallest absolute Gasteiger partial charge is 0.115 e. The highest BCUT2D eigenvalue weighted by Gasteiger charge is 2.44. The lowest BCUT2D eigenvalue weighted by Gasteiger charge is -2.53. The van der Waals surface area contributed by atoms with Crippen molar-refractivity contribution in [2.45, 2.75) is 38.3 Å². The molecule has 0 spiro atoms.